The van der Waals surface area contributed by atoms with Crippen LogP contribution in [0.3, 0.4) is 0 Å². The van der Waals surface area contributed by atoms with Crippen LogP contribution in [0.1, 0.15) is 11.7 Å². The van der Waals surface area contributed by atoms with E-state index in [1.165, 1.54) is 6.20 Å². The number of halogens is 1. The highest BCUT2D eigenvalue weighted by atomic mass is 35.5. The second-order valence-electron chi connectivity index (χ2n) is 3.73. The molecule has 1 aromatic heterocycles. The van der Waals surface area contributed by atoms with Gasteiger partial charge in [0.15, 0.2) is 5.82 Å². The number of nitrogens with one attached hydrogen (secondary N) is 1. The normalized spacial score (nSPS) is 12.1. The third kappa shape index (κ3) is 3.09. The molecule has 0 amide bonds. The Morgan fingerprint density at radius 2 is 2.06 bits per heavy atom. The molecule has 1 aromatic carbocycles. The van der Waals surface area contributed by atoms with Crippen molar-refractivity contribution in [3.05, 3.63) is 47.1 Å². The van der Waals surface area contributed by atoms with E-state index in [0.717, 1.165) is 5.56 Å². The number of aromatic nitrogens is 2. The Morgan fingerprint density at radius 1 is 1.33 bits per heavy atom. The van der Waals surface area contributed by atoms with Gasteiger partial charge in [-0.25, -0.2) is 4.98 Å². The number of rotatable bonds is 4. The zero-order chi connectivity index (χ0) is 13.0. The third-order valence-electron chi connectivity index (χ3n) is 2.41. The molecule has 6 heteroatoms. The average Bonchev–Trinajstić information content (AvgIpc) is 2.40. The second kappa shape index (κ2) is 5.66. The van der Waals surface area contributed by atoms with Crippen LogP contribution in [-0.4, -0.2) is 21.6 Å². The predicted molar refractivity (Wildman–Crippen MR) is 71.3 cm³/mol. The lowest BCUT2D eigenvalue weighted by Crippen LogP contribution is -2.13. The van der Waals surface area contributed by atoms with Gasteiger partial charge in [0.2, 0.25) is 5.95 Å². The van der Waals surface area contributed by atoms with Crippen molar-refractivity contribution in [2.75, 3.05) is 17.6 Å². The molecule has 0 saturated carbocycles. The SMILES string of the molecule is Nc1ncc(Cl)c(NCC(O)c2ccccc2)n1. The van der Waals surface area contributed by atoms with E-state index >= 15 is 0 Å². The number of hydrogen-bond acceptors (Lipinski definition) is 5. The molecule has 0 aliphatic carbocycles. The van der Waals surface area contributed by atoms with Crippen molar-refractivity contribution in [2.45, 2.75) is 6.10 Å². The fraction of sp³-hybridized carbons (Fsp3) is 0.167. The zero-order valence-corrected chi connectivity index (χ0v) is 10.3. The van der Waals surface area contributed by atoms with Gasteiger partial charge in [-0.15, -0.1) is 0 Å². The van der Waals surface area contributed by atoms with Crippen LogP contribution in [0.2, 0.25) is 5.02 Å². The maximum Gasteiger partial charge on any atom is 0.222 e. The molecule has 2 aromatic rings. The molecule has 1 unspecified atom stereocenters. The predicted octanol–water partition coefficient (Wildman–Crippen LogP) is 1.86. The largest absolute Gasteiger partial charge is 0.387 e. The average molecular weight is 265 g/mol. The molecule has 0 aliphatic rings. The molecule has 5 nitrogen and oxygen atoms in total. The summed E-state index contributed by atoms with van der Waals surface area (Å²) in [7, 11) is 0. The van der Waals surface area contributed by atoms with Crippen molar-refractivity contribution in [1.29, 1.82) is 0 Å². The lowest BCUT2D eigenvalue weighted by Gasteiger charge is -2.13. The fourth-order valence-corrected chi connectivity index (χ4v) is 1.65. The van der Waals surface area contributed by atoms with Crippen LogP contribution in [0.25, 0.3) is 0 Å². The van der Waals surface area contributed by atoms with Gasteiger partial charge < -0.3 is 16.2 Å². The Morgan fingerprint density at radius 3 is 2.78 bits per heavy atom. The van der Waals surface area contributed by atoms with E-state index in [9.17, 15) is 5.11 Å². The first-order valence-corrected chi connectivity index (χ1v) is 5.79. The number of aliphatic hydroxyl groups is 1. The number of nitrogens with two attached hydrogens (primary N) is 1. The summed E-state index contributed by atoms with van der Waals surface area (Å²) in [6.07, 6.45) is 0.777. The van der Waals surface area contributed by atoms with Crippen molar-refractivity contribution in [3.63, 3.8) is 0 Å². The lowest BCUT2D eigenvalue weighted by atomic mass is 10.1. The molecule has 1 atom stereocenters. The summed E-state index contributed by atoms with van der Waals surface area (Å²) in [6.45, 7) is 0.292. The van der Waals surface area contributed by atoms with E-state index in [1.54, 1.807) is 0 Å². The highest BCUT2D eigenvalue weighted by Crippen LogP contribution is 2.20. The zero-order valence-electron chi connectivity index (χ0n) is 9.55. The summed E-state index contributed by atoms with van der Waals surface area (Å²) >= 11 is 5.90. The highest BCUT2D eigenvalue weighted by molar-refractivity contribution is 6.32. The van der Waals surface area contributed by atoms with Crippen LogP contribution in [0.4, 0.5) is 11.8 Å². The molecule has 0 radical (unpaired) electrons. The molecular weight excluding hydrogens is 252 g/mol. The maximum atomic E-state index is 9.96. The monoisotopic (exact) mass is 264 g/mol. The molecule has 4 N–H and O–H groups in total. The Balaban J connectivity index is 2.01. The number of nitrogens with zero attached hydrogens (tertiary/aromatic N) is 2. The molecule has 0 saturated heterocycles. The highest BCUT2D eigenvalue weighted by Gasteiger charge is 2.09. The molecule has 0 bridgehead atoms. The first-order valence-electron chi connectivity index (χ1n) is 5.41. The second-order valence-corrected chi connectivity index (χ2v) is 4.14. The summed E-state index contributed by atoms with van der Waals surface area (Å²) in [6, 6.07) is 9.33. The van der Waals surface area contributed by atoms with Gasteiger partial charge in [-0.3, -0.25) is 0 Å². The summed E-state index contributed by atoms with van der Waals surface area (Å²) in [5.74, 6) is 0.551. The Bertz CT molecular complexity index is 521. The molecular formula is C12H13ClN4O. The first kappa shape index (κ1) is 12.6. The molecule has 1 heterocycles. The van der Waals surface area contributed by atoms with Gasteiger partial charge in [0.1, 0.15) is 5.02 Å². The minimum atomic E-state index is -0.640. The number of hydrogen-bond donors (Lipinski definition) is 3. The van der Waals surface area contributed by atoms with E-state index in [4.69, 9.17) is 17.3 Å². The minimum absolute atomic E-state index is 0.135. The maximum absolute atomic E-state index is 9.96. The summed E-state index contributed by atoms with van der Waals surface area (Å²) in [5, 5.41) is 13.3. The van der Waals surface area contributed by atoms with Crippen LogP contribution in [-0.2, 0) is 0 Å². The van der Waals surface area contributed by atoms with Crippen molar-refractivity contribution in [2.24, 2.45) is 0 Å². The Hall–Kier alpha value is -1.85. The number of benzene rings is 1. The van der Waals surface area contributed by atoms with E-state index in [-0.39, 0.29) is 5.95 Å². The summed E-state index contributed by atoms with van der Waals surface area (Å²) in [5.41, 5.74) is 6.28. The topological polar surface area (TPSA) is 84.1 Å². The van der Waals surface area contributed by atoms with Gasteiger partial charge in [0.25, 0.3) is 0 Å². The van der Waals surface area contributed by atoms with Gasteiger partial charge in [-0.2, -0.15) is 4.98 Å². The standard InChI is InChI=1S/C12H13ClN4O/c13-9-6-16-12(14)17-11(9)15-7-10(18)8-4-2-1-3-5-8/h1-6,10,18H,7H2,(H3,14,15,16,17). The van der Waals surface area contributed by atoms with Crippen molar-refractivity contribution in [3.8, 4) is 0 Å². The Kier molecular flexibility index (Phi) is 3.96. The van der Waals surface area contributed by atoms with Crippen molar-refractivity contribution < 1.29 is 5.11 Å². The molecule has 0 fully saturated rings. The number of nitrogen functional groups attached to an aromatic ring is 1. The van der Waals surface area contributed by atoms with Gasteiger partial charge >= 0.3 is 0 Å². The summed E-state index contributed by atoms with van der Waals surface area (Å²) < 4.78 is 0. The van der Waals surface area contributed by atoms with Crippen LogP contribution >= 0.6 is 11.6 Å². The molecule has 0 spiro atoms. The quantitative estimate of drug-likeness (QED) is 0.785. The van der Waals surface area contributed by atoms with E-state index in [0.29, 0.717) is 17.4 Å². The number of aliphatic hydroxyl groups excluding tert-OH is 1. The van der Waals surface area contributed by atoms with Crippen LogP contribution in [0, 0.1) is 0 Å². The van der Waals surface area contributed by atoms with Crippen molar-refractivity contribution in [1.82, 2.24) is 9.97 Å². The van der Waals surface area contributed by atoms with E-state index < -0.39 is 6.10 Å². The molecule has 18 heavy (non-hydrogen) atoms. The molecule has 0 aliphatic heterocycles. The lowest BCUT2D eigenvalue weighted by molar-refractivity contribution is 0.191. The van der Waals surface area contributed by atoms with Gasteiger partial charge in [0, 0.05) is 6.54 Å². The number of anilines is 2. The van der Waals surface area contributed by atoms with Crippen molar-refractivity contribution >= 4 is 23.4 Å². The smallest absolute Gasteiger partial charge is 0.222 e. The van der Waals surface area contributed by atoms with Crippen LogP contribution < -0.4 is 11.1 Å². The van der Waals surface area contributed by atoms with E-state index in [2.05, 4.69) is 15.3 Å². The van der Waals surface area contributed by atoms with Crippen LogP contribution in [0.15, 0.2) is 36.5 Å². The summed E-state index contributed by atoms with van der Waals surface area (Å²) in [4.78, 5) is 7.71. The van der Waals surface area contributed by atoms with Gasteiger partial charge in [0.05, 0.1) is 12.3 Å². The third-order valence-corrected chi connectivity index (χ3v) is 2.69. The van der Waals surface area contributed by atoms with Gasteiger partial charge in [-0.1, -0.05) is 41.9 Å². The molecule has 2 rings (SSSR count). The minimum Gasteiger partial charge on any atom is -0.387 e. The van der Waals surface area contributed by atoms with Gasteiger partial charge in [-0.05, 0) is 5.56 Å². The Labute approximate surface area is 110 Å². The molecule has 94 valence electrons. The van der Waals surface area contributed by atoms with E-state index in [1.807, 2.05) is 30.3 Å². The first-order chi connectivity index (χ1) is 8.66. The fourth-order valence-electron chi connectivity index (χ4n) is 1.49. The van der Waals surface area contributed by atoms with Crippen LogP contribution in [0.5, 0.6) is 0 Å².